The van der Waals surface area contributed by atoms with E-state index < -0.39 is 0 Å². The Bertz CT molecular complexity index is 302. The van der Waals surface area contributed by atoms with Crippen LogP contribution in [0.2, 0.25) is 0 Å². The molecule has 66 valence electrons. The first kappa shape index (κ1) is 7.90. The summed E-state index contributed by atoms with van der Waals surface area (Å²) in [5, 5.41) is 5.87. The summed E-state index contributed by atoms with van der Waals surface area (Å²) in [5.41, 5.74) is 0. The van der Waals surface area contributed by atoms with Crippen LogP contribution < -0.4 is 5.32 Å². The lowest BCUT2D eigenvalue weighted by atomic mass is 10.3. The van der Waals surface area contributed by atoms with Gasteiger partial charge in [-0.1, -0.05) is 0 Å². The summed E-state index contributed by atoms with van der Waals surface area (Å²) < 4.78 is 10.0. The molecular formula is C6H9N3O2S. The van der Waals surface area contributed by atoms with Gasteiger partial charge in [0.05, 0.1) is 19.3 Å². The van der Waals surface area contributed by atoms with E-state index >= 15 is 0 Å². The van der Waals surface area contributed by atoms with Crippen LogP contribution in [-0.4, -0.2) is 29.9 Å². The van der Waals surface area contributed by atoms with Crippen LogP contribution in [0, 0.1) is 4.84 Å². The van der Waals surface area contributed by atoms with Crippen LogP contribution >= 0.6 is 12.2 Å². The molecule has 1 saturated heterocycles. The molecule has 12 heavy (non-hydrogen) atoms. The molecule has 0 amide bonds. The Kier molecular flexibility index (Phi) is 2.20. The van der Waals surface area contributed by atoms with Crippen LogP contribution in [0.3, 0.4) is 0 Å². The largest absolute Gasteiger partial charge is 0.378 e. The van der Waals surface area contributed by atoms with Gasteiger partial charge in [0.1, 0.15) is 0 Å². The first-order chi connectivity index (χ1) is 5.86. The molecule has 0 saturated carbocycles. The Balaban J connectivity index is 2.13. The van der Waals surface area contributed by atoms with Crippen molar-refractivity contribution in [3.8, 4) is 0 Å². The predicted molar refractivity (Wildman–Crippen MR) is 43.3 cm³/mol. The minimum Gasteiger partial charge on any atom is -0.378 e. The van der Waals surface area contributed by atoms with Crippen LogP contribution in [-0.2, 0) is 4.74 Å². The highest BCUT2D eigenvalue weighted by molar-refractivity contribution is 7.71. The third-order valence-corrected chi connectivity index (χ3v) is 1.88. The van der Waals surface area contributed by atoms with Crippen LogP contribution in [0.15, 0.2) is 4.52 Å². The topological polar surface area (TPSA) is 63.1 Å². The molecule has 1 aliphatic heterocycles. The number of hydrogen-bond donors (Lipinski definition) is 2. The van der Waals surface area contributed by atoms with Gasteiger partial charge in [-0.15, -0.1) is 0 Å². The van der Waals surface area contributed by atoms with Crippen molar-refractivity contribution in [3.63, 3.8) is 0 Å². The molecule has 0 spiro atoms. The van der Waals surface area contributed by atoms with E-state index in [1.807, 2.05) is 0 Å². The molecule has 0 unspecified atom stereocenters. The van der Waals surface area contributed by atoms with Crippen molar-refractivity contribution in [1.29, 1.82) is 0 Å². The molecule has 6 heteroatoms. The molecule has 2 heterocycles. The minimum atomic E-state index is 0.0826. The zero-order valence-electron chi connectivity index (χ0n) is 6.37. The zero-order valence-corrected chi connectivity index (χ0v) is 7.19. The molecule has 0 aromatic carbocycles. The fourth-order valence-electron chi connectivity index (χ4n) is 1.13. The van der Waals surface area contributed by atoms with Crippen LogP contribution in [0.4, 0.5) is 0 Å². The predicted octanol–water partition coefficient (Wildman–Crippen LogP) is 0.393. The average molecular weight is 187 g/mol. The average Bonchev–Trinajstić information content (AvgIpc) is 2.54. The van der Waals surface area contributed by atoms with Gasteiger partial charge < -0.3 is 14.6 Å². The van der Waals surface area contributed by atoms with Crippen LogP contribution in [0.5, 0.6) is 0 Å². The van der Waals surface area contributed by atoms with Gasteiger partial charge in [-0.2, -0.15) is 4.98 Å². The highest BCUT2D eigenvalue weighted by Gasteiger charge is 2.18. The van der Waals surface area contributed by atoms with Gasteiger partial charge in [0, 0.05) is 6.54 Å². The van der Waals surface area contributed by atoms with Gasteiger partial charge in [-0.25, -0.2) is 5.16 Å². The maximum absolute atomic E-state index is 5.25. The highest BCUT2D eigenvalue weighted by Crippen LogP contribution is 2.10. The molecule has 1 fully saturated rings. The molecule has 0 bridgehead atoms. The van der Waals surface area contributed by atoms with E-state index in [2.05, 4.69) is 15.5 Å². The second kappa shape index (κ2) is 3.34. The van der Waals surface area contributed by atoms with Gasteiger partial charge in [0.15, 0.2) is 5.82 Å². The molecule has 1 aliphatic rings. The van der Waals surface area contributed by atoms with E-state index in [-0.39, 0.29) is 10.9 Å². The number of morpholine rings is 1. The lowest BCUT2D eigenvalue weighted by molar-refractivity contribution is 0.0734. The molecule has 5 nitrogen and oxygen atoms in total. The van der Waals surface area contributed by atoms with Crippen molar-refractivity contribution >= 4 is 12.2 Å². The highest BCUT2D eigenvalue weighted by atomic mass is 32.1. The van der Waals surface area contributed by atoms with Crippen molar-refractivity contribution in [2.75, 3.05) is 19.8 Å². The van der Waals surface area contributed by atoms with Crippen LogP contribution in [0.1, 0.15) is 11.9 Å². The Labute approximate surface area is 74.1 Å². The van der Waals surface area contributed by atoms with Gasteiger partial charge in [-0.3, -0.25) is 0 Å². The lowest BCUT2D eigenvalue weighted by Gasteiger charge is -2.20. The van der Waals surface area contributed by atoms with E-state index in [1.54, 1.807) is 0 Å². The van der Waals surface area contributed by atoms with Gasteiger partial charge in [-0.05, 0) is 12.2 Å². The van der Waals surface area contributed by atoms with E-state index in [1.165, 1.54) is 0 Å². The number of ether oxygens (including phenoxy) is 1. The third-order valence-electron chi connectivity index (χ3n) is 1.71. The third kappa shape index (κ3) is 1.55. The molecular weight excluding hydrogens is 178 g/mol. The van der Waals surface area contributed by atoms with Crippen LogP contribution in [0.25, 0.3) is 0 Å². The van der Waals surface area contributed by atoms with E-state index in [9.17, 15) is 0 Å². The second-order valence-electron chi connectivity index (χ2n) is 2.55. The van der Waals surface area contributed by atoms with Crippen molar-refractivity contribution in [1.82, 2.24) is 15.5 Å². The number of H-pyrrole nitrogens is 1. The van der Waals surface area contributed by atoms with Gasteiger partial charge in [0.25, 0.3) is 0 Å². The molecule has 0 aliphatic carbocycles. The van der Waals surface area contributed by atoms with Crippen molar-refractivity contribution in [2.45, 2.75) is 6.04 Å². The molecule has 2 rings (SSSR count). The van der Waals surface area contributed by atoms with E-state index in [4.69, 9.17) is 21.5 Å². The number of nitrogens with zero attached hydrogens (tertiary/aromatic N) is 1. The fourth-order valence-corrected chi connectivity index (χ4v) is 1.27. The number of hydrogen-bond acceptors (Lipinski definition) is 5. The summed E-state index contributed by atoms with van der Waals surface area (Å²) in [5.74, 6) is 0.708. The SMILES string of the molecule is S=c1nc([C@@H]2COCCN2)[nH]o1. The minimum absolute atomic E-state index is 0.0826. The number of nitrogens with one attached hydrogen (secondary N) is 2. The Morgan fingerprint density at radius 3 is 3.08 bits per heavy atom. The summed E-state index contributed by atoms with van der Waals surface area (Å²) in [6.45, 7) is 2.19. The van der Waals surface area contributed by atoms with Gasteiger partial charge >= 0.3 is 4.84 Å². The normalized spacial score (nSPS) is 24.2. The Morgan fingerprint density at radius 1 is 1.58 bits per heavy atom. The maximum Gasteiger partial charge on any atom is 0.314 e. The molecule has 1 aromatic heterocycles. The summed E-state index contributed by atoms with van der Waals surface area (Å²) in [6, 6.07) is 0.0826. The summed E-state index contributed by atoms with van der Waals surface area (Å²) in [7, 11) is 0. The molecule has 1 aromatic rings. The molecule has 1 atom stereocenters. The standard InChI is InChI=1S/C6H9N3O2S/c12-6-8-5(9-11-6)4-3-10-2-1-7-4/h4,7H,1-3H2,(H,8,9,12)/t4-/m0/s1. The molecule has 0 radical (unpaired) electrons. The van der Waals surface area contributed by atoms with Crippen molar-refractivity contribution in [3.05, 3.63) is 10.7 Å². The first-order valence-electron chi connectivity index (χ1n) is 3.73. The van der Waals surface area contributed by atoms with E-state index in [0.29, 0.717) is 12.4 Å². The second-order valence-corrected chi connectivity index (χ2v) is 2.90. The molecule has 2 N–H and O–H groups in total. The van der Waals surface area contributed by atoms with Crippen molar-refractivity contribution in [2.24, 2.45) is 0 Å². The summed E-state index contributed by atoms with van der Waals surface area (Å²) in [6.07, 6.45) is 0. The summed E-state index contributed by atoms with van der Waals surface area (Å²) >= 11 is 4.72. The Morgan fingerprint density at radius 2 is 2.50 bits per heavy atom. The maximum atomic E-state index is 5.25. The van der Waals surface area contributed by atoms with Gasteiger partial charge in [0.2, 0.25) is 0 Å². The lowest BCUT2D eigenvalue weighted by Crippen LogP contribution is -2.35. The monoisotopic (exact) mass is 187 g/mol. The summed E-state index contributed by atoms with van der Waals surface area (Å²) in [4.78, 5) is 4.22. The smallest absolute Gasteiger partial charge is 0.314 e. The number of aromatic amines is 1. The number of rotatable bonds is 1. The van der Waals surface area contributed by atoms with Crippen molar-refractivity contribution < 1.29 is 9.26 Å². The Hall–Kier alpha value is -0.720. The zero-order chi connectivity index (χ0) is 8.39. The van der Waals surface area contributed by atoms with E-state index in [0.717, 1.165) is 13.2 Å². The number of aromatic nitrogens is 2. The fraction of sp³-hybridized carbons (Fsp3) is 0.667. The quantitative estimate of drug-likeness (QED) is 0.623. The first-order valence-corrected chi connectivity index (χ1v) is 4.13.